The maximum absolute atomic E-state index is 13.8. The molecule has 2 heterocycles. The fourth-order valence-electron chi connectivity index (χ4n) is 3.64. The van der Waals surface area contributed by atoms with Crippen molar-refractivity contribution in [2.24, 2.45) is 0 Å². The van der Waals surface area contributed by atoms with Gasteiger partial charge < -0.3 is 9.80 Å². The Bertz CT molecular complexity index is 1070. The number of hydrogen-bond acceptors (Lipinski definition) is 3. The van der Waals surface area contributed by atoms with Gasteiger partial charge in [0.1, 0.15) is 5.82 Å². The molecule has 0 bridgehead atoms. The van der Waals surface area contributed by atoms with Crippen LogP contribution in [0.3, 0.4) is 0 Å². The first-order valence-electron chi connectivity index (χ1n) is 9.05. The molecule has 3 aromatic rings. The van der Waals surface area contributed by atoms with E-state index in [1.54, 1.807) is 4.90 Å². The van der Waals surface area contributed by atoms with Crippen LogP contribution in [0, 0.1) is 5.82 Å². The van der Waals surface area contributed by atoms with Crippen LogP contribution >= 0.6 is 11.6 Å². The molecule has 1 amide bonds. The molecule has 1 fully saturated rings. The number of aromatic nitrogens is 1. The molecular weight excluding hydrogens is 381 g/mol. The highest BCUT2D eigenvalue weighted by Crippen LogP contribution is 2.26. The van der Waals surface area contributed by atoms with Gasteiger partial charge in [0.2, 0.25) is 5.91 Å². The molecular formula is C21H19ClFN3O2. The zero-order chi connectivity index (χ0) is 19.8. The van der Waals surface area contributed by atoms with Crippen LogP contribution < -0.4 is 4.90 Å². The summed E-state index contributed by atoms with van der Waals surface area (Å²) in [5.41, 5.74) is 1.91. The number of rotatable bonds is 2. The van der Waals surface area contributed by atoms with Gasteiger partial charge in [-0.05, 0) is 36.4 Å². The van der Waals surface area contributed by atoms with E-state index in [1.807, 2.05) is 24.3 Å². The van der Waals surface area contributed by atoms with E-state index >= 15 is 0 Å². The summed E-state index contributed by atoms with van der Waals surface area (Å²) in [7, 11) is 0. The first kappa shape index (κ1) is 18.5. The van der Waals surface area contributed by atoms with E-state index in [1.165, 1.54) is 35.9 Å². The number of carbonyl (C=O) groups is 2. The number of benzene rings is 2. The number of anilines is 1. The van der Waals surface area contributed by atoms with Gasteiger partial charge in [0.25, 0.3) is 5.91 Å². The Morgan fingerprint density at radius 3 is 2.46 bits per heavy atom. The monoisotopic (exact) mass is 399 g/mol. The molecule has 1 aliphatic heterocycles. The van der Waals surface area contributed by atoms with Crippen molar-refractivity contribution in [3.8, 4) is 0 Å². The highest BCUT2D eigenvalue weighted by atomic mass is 35.5. The summed E-state index contributed by atoms with van der Waals surface area (Å²) in [6, 6.07) is 11.8. The van der Waals surface area contributed by atoms with Crippen molar-refractivity contribution in [3.63, 3.8) is 0 Å². The molecule has 1 saturated heterocycles. The third kappa shape index (κ3) is 3.36. The Morgan fingerprint density at radius 2 is 1.79 bits per heavy atom. The molecule has 1 aliphatic rings. The van der Waals surface area contributed by atoms with E-state index in [2.05, 4.69) is 4.90 Å². The minimum Gasteiger partial charge on any atom is -0.368 e. The van der Waals surface area contributed by atoms with Crippen LogP contribution in [-0.2, 0) is 0 Å². The fourth-order valence-corrected chi connectivity index (χ4v) is 3.83. The molecule has 0 saturated carbocycles. The summed E-state index contributed by atoms with van der Waals surface area (Å²) in [5.74, 6) is -0.851. The zero-order valence-electron chi connectivity index (χ0n) is 15.4. The Balaban J connectivity index is 1.58. The summed E-state index contributed by atoms with van der Waals surface area (Å²) < 4.78 is 15.2. The highest BCUT2D eigenvalue weighted by Gasteiger charge is 2.26. The average Bonchev–Trinajstić information content (AvgIpc) is 3.06. The van der Waals surface area contributed by atoms with Gasteiger partial charge in [-0.3, -0.25) is 14.2 Å². The van der Waals surface area contributed by atoms with E-state index in [4.69, 9.17) is 11.6 Å². The molecule has 0 unspecified atom stereocenters. The molecule has 0 aliphatic carbocycles. The van der Waals surface area contributed by atoms with E-state index < -0.39 is 5.82 Å². The second kappa shape index (κ2) is 7.28. The average molecular weight is 400 g/mol. The first-order chi connectivity index (χ1) is 13.4. The van der Waals surface area contributed by atoms with Crippen molar-refractivity contribution in [3.05, 3.63) is 65.1 Å². The minimum absolute atomic E-state index is 0.193. The normalized spacial score (nSPS) is 14.5. The highest BCUT2D eigenvalue weighted by molar-refractivity contribution is 6.30. The third-order valence-corrected chi connectivity index (χ3v) is 5.31. The maximum atomic E-state index is 13.8. The predicted octanol–water partition coefficient (Wildman–Crippen LogP) is 4.06. The molecule has 144 valence electrons. The van der Waals surface area contributed by atoms with Gasteiger partial charge in [0, 0.05) is 55.4 Å². The second-order valence-corrected chi connectivity index (χ2v) is 7.29. The lowest BCUT2D eigenvalue weighted by Gasteiger charge is -2.36. The van der Waals surface area contributed by atoms with Crippen molar-refractivity contribution < 1.29 is 14.0 Å². The Kier molecular flexibility index (Phi) is 4.81. The van der Waals surface area contributed by atoms with Crippen LogP contribution in [0.1, 0.15) is 22.1 Å². The molecule has 7 heteroatoms. The maximum Gasteiger partial charge on any atom is 0.256 e. The third-order valence-electron chi connectivity index (χ3n) is 5.08. The number of fused-ring (bicyclic) bond motifs is 1. The summed E-state index contributed by atoms with van der Waals surface area (Å²) in [6.45, 7) is 3.83. The molecule has 2 aromatic carbocycles. The Labute approximate surface area is 166 Å². The van der Waals surface area contributed by atoms with Crippen LogP contribution in [0.15, 0.2) is 48.7 Å². The van der Waals surface area contributed by atoms with E-state index in [9.17, 15) is 14.0 Å². The van der Waals surface area contributed by atoms with E-state index in [0.29, 0.717) is 47.7 Å². The lowest BCUT2D eigenvalue weighted by Crippen LogP contribution is -2.48. The minimum atomic E-state index is -0.436. The summed E-state index contributed by atoms with van der Waals surface area (Å²) in [4.78, 5) is 28.9. The van der Waals surface area contributed by atoms with Crippen molar-refractivity contribution in [1.82, 2.24) is 9.47 Å². The van der Waals surface area contributed by atoms with Crippen LogP contribution in [0.5, 0.6) is 0 Å². The number of halogens is 2. The summed E-state index contributed by atoms with van der Waals surface area (Å²) >= 11 is 6.07. The largest absolute Gasteiger partial charge is 0.368 e. The molecule has 0 radical (unpaired) electrons. The van der Waals surface area contributed by atoms with Crippen molar-refractivity contribution in [1.29, 1.82) is 0 Å². The van der Waals surface area contributed by atoms with Crippen molar-refractivity contribution >= 4 is 40.0 Å². The van der Waals surface area contributed by atoms with Gasteiger partial charge >= 0.3 is 0 Å². The van der Waals surface area contributed by atoms with Gasteiger partial charge in [-0.2, -0.15) is 0 Å². The Morgan fingerprint density at radius 1 is 1.04 bits per heavy atom. The molecule has 28 heavy (non-hydrogen) atoms. The second-order valence-electron chi connectivity index (χ2n) is 6.85. The van der Waals surface area contributed by atoms with Crippen LogP contribution in [0.4, 0.5) is 10.1 Å². The number of amides is 1. The number of nitrogens with zero attached hydrogens (tertiary/aromatic N) is 3. The smallest absolute Gasteiger partial charge is 0.256 e. The molecule has 5 nitrogen and oxygen atoms in total. The Hall–Kier alpha value is -2.86. The van der Waals surface area contributed by atoms with Gasteiger partial charge in [-0.1, -0.05) is 17.7 Å². The number of carbonyl (C=O) groups excluding carboxylic acids is 2. The zero-order valence-corrected chi connectivity index (χ0v) is 16.1. The SMILES string of the molecule is CC(=O)n1cc(C(=O)N2CCN(c3cccc(Cl)c3)CC2)c2cc(F)ccc21. The van der Waals surface area contributed by atoms with Crippen LogP contribution in [0.25, 0.3) is 10.9 Å². The first-order valence-corrected chi connectivity index (χ1v) is 9.43. The topological polar surface area (TPSA) is 45.6 Å². The summed E-state index contributed by atoms with van der Waals surface area (Å²) in [6.07, 6.45) is 1.51. The summed E-state index contributed by atoms with van der Waals surface area (Å²) in [5, 5.41) is 1.13. The molecule has 0 atom stereocenters. The quantitative estimate of drug-likeness (QED) is 0.653. The van der Waals surface area contributed by atoms with Gasteiger partial charge in [0.15, 0.2) is 0 Å². The van der Waals surface area contributed by atoms with Gasteiger partial charge in [-0.15, -0.1) is 0 Å². The standard InChI is InChI=1S/C21H19ClFN3O2/c1-14(27)26-13-19(18-12-16(23)5-6-20(18)26)21(28)25-9-7-24(8-10-25)17-4-2-3-15(22)11-17/h2-6,11-13H,7-10H2,1H3. The number of hydrogen-bond donors (Lipinski definition) is 0. The van der Waals surface area contributed by atoms with Gasteiger partial charge in [-0.25, -0.2) is 4.39 Å². The van der Waals surface area contributed by atoms with Crippen molar-refractivity contribution in [2.45, 2.75) is 6.92 Å². The molecule has 0 N–H and O–H groups in total. The van der Waals surface area contributed by atoms with Crippen molar-refractivity contribution in [2.75, 3.05) is 31.1 Å². The number of piperazine rings is 1. The molecule has 1 aromatic heterocycles. The molecule has 0 spiro atoms. The lowest BCUT2D eigenvalue weighted by atomic mass is 10.1. The lowest BCUT2D eigenvalue weighted by molar-refractivity contribution is 0.0748. The predicted molar refractivity (Wildman–Crippen MR) is 108 cm³/mol. The van der Waals surface area contributed by atoms with E-state index in [0.717, 1.165) is 5.69 Å². The fraction of sp³-hybridized carbons (Fsp3) is 0.238. The van der Waals surface area contributed by atoms with Gasteiger partial charge in [0.05, 0.1) is 11.1 Å². The van der Waals surface area contributed by atoms with Crippen LogP contribution in [0.2, 0.25) is 5.02 Å². The van der Waals surface area contributed by atoms with Crippen LogP contribution in [-0.4, -0.2) is 47.5 Å². The molecule has 4 rings (SSSR count). The van der Waals surface area contributed by atoms with E-state index in [-0.39, 0.29) is 11.8 Å².